The molecule has 110 valence electrons. The lowest BCUT2D eigenvalue weighted by molar-refractivity contribution is 0.101. The van der Waals surface area contributed by atoms with Gasteiger partial charge in [-0.05, 0) is 43.3 Å². The predicted octanol–water partition coefficient (Wildman–Crippen LogP) is 5.69. The molecule has 0 saturated heterocycles. The third-order valence-corrected chi connectivity index (χ3v) is 4.38. The summed E-state index contributed by atoms with van der Waals surface area (Å²) in [4.78, 5) is 11.7. The number of rotatable bonds is 1. The van der Waals surface area contributed by atoms with Crippen LogP contribution in [0.3, 0.4) is 0 Å². The second-order valence-corrected chi connectivity index (χ2v) is 5.78. The van der Waals surface area contributed by atoms with Gasteiger partial charge in [-0.3, -0.25) is 4.79 Å². The van der Waals surface area contributed by atoms with Crippen molar-refractivity contribution in [1.29, 1.82) is 0 Å². The zero-order valence-electron chi connectivity index (χ0n) is 12.4. The molecule has 0 unspecified atom stereocenters. The maximum absolute atomic E-state index is 11.7. The first-order chi connectivity index (χ1) is 11.2. The molecule has 3 heteroatoms. The Bertz CT molecular complexity index is 1240. The lowest BCUT2D eigenvalue weighted by Gasteiger charge is -1.96. The van der Waals surface area contributed by atoms with Crippen LogP contribution in [-0.4, -0.2) is 5.78 Å². The molecule has 23 heavy (non-hydrogen) atoms. The summed E-state index contributed by atoms with van der Waals surface area (Å²) >= 11 is 0. The van der Waals surface area contributed by atoms with E-state index in [1.807, 2.05) is 48.5 Å². The van der Waals surface area contributed by atoms with E-state index in [1.165, 1.54) is 0 Å². The van der Waals surface area contributed by atoms with E-state index in [2.05, 4.69) is 0 Å². The summed E-state index contributed by atoms with van der Waals surface area (Å²) in [6, 6.07) is 17.4. The highest BCUT2D eigenvalue weighted by Gasteiger charge is 2.16. The van der Waals surface area contributed by atoms with Crippen molar-refractivity contribution in [2.24, 2.45) is 0 Å². The topological polar surface area (TPSA) is 43.4 Å². The highest BCUT2D eigenvalue weighted by Crippen LogP contribution is 2.39. The van der Waals surface area contributed by atoms with E-state index >= 15 is 0 Å². The van der Waals surface area contributed by atoms with Crippen LogP contribution in [0.4, 0.5) is 0 Å². The molecule has 0 atom stereocenters. The van der Waals surface area contributed by atoms with Crippen molar-refractivity contribution in [3.05, 3.63) is 60.2 Å². The van der Waals surface area contributed by atoms with Gasteiger partial charge in [0.15, 0.2) is 5.78 Å². The number of carbonyl (C=O) groups is 1. The second kappa shape index (κ2) is 4.23. The molecule has 0 aliphatic rings. The number of hydrogen-bond acceptors (Lipinski definition) is 3. The minimum Gasteiger partial charge on any atom is -0.456 e. The Balaban J connectivity index is 2.07. The van der Waals surface area contributed by atoms with E-state index in [1.54, 1.807) is 13.0 Å². The summed E-state index contributed by atoms with van der Waals surface area (Å²) in [5, 5.41) is 4.05. The molecule has 0 fully saturated rings. The molecule has 0 saturated carbocycles. The van der Waals surface area contributed by atoms with Gasteiger partial charge in [0.1, 0.15) is 22.3 Å². The van der Waals surface area contributed by atoms with Gasteiger partial charge in [-0.1, -0.05) is 18.2 Å². The Hall–Kier alpha value is -3.07. The van der Waals surface area contributed by atoms with Crippen molar-refractivity contribution in [3.63, 3.8) is 0 Å². The average Bonchev–Trinajstić information content (AvgIpc) is 3.11. The normalized spacial score (nSPS) is 11.9. The number of hydrogen-bond donors (Lipinski definition) is 0. The molecule has 0 spiro atoms. The summed E-state index contributed by atoms with van der Waals surface area (Å²) in [7, 11) is 0. The van der Waals surface area contributed by atoms with E-state index in [9.17, 15) is 4.79 Å². The van der Waals surface area contributed by atoms with Crippen LogP contribution in [0.2, 0.25) is 0 Å². The van der Waals surface area contributed by atoms with Crippen molar-refractivity contribution >= 4 is 49.7 Å². The lowest BCUT2D eigenvalue weighted by Crippen LogP contribution is -1.89. The number of ketones is 1. The van der Waals surface area contributed by atoms with Crippen LogP contribution in [0, 0.1) is 0 Å². The van der Waals surface area contributed by atoms with Gasteiger partial charge in [0.05, 0.1) is 0 Å². The van der Waals surface area contributed by atoms with E-state index in [0.29, 0.717) is 5.56 Å². The van der Waals surface area contributed by atoms with Crippen molar-refractivity contribution < 1.29 is 13.6 Å². The monoisotopic (exact) mass is 300 g/mol. The first-order valence-electron chi connectivity index (χ1n) is 7.50. The molecule has 0 N–H and O–H groups in total. The second-order valence-electron chi connectivity index (χ2n) is 5.78. The largest absolute Gasteiger partial charge is 0.456 e. The first kappa shape index (κ1) is 12.5. The molecule has 0 aliphatic heterocycles. The SMILES string of the molecule is CC(=O)c1ccc2oc3ccc4oc5ccccc5c4c3c2c1. The number of benzene rings is 3. The number of fused-ring (bicyclic) bond motifs is 7. The van der Waals surface area contributed by atoms with Crippen molar-refractivity contribution in [3.8, 4) is 0 Å². The average molecular weight is 300 g/mol. The van der Waals surface area contributed by atoms with E-state index in [-0.39, 0.29) is 5.78 Å². The van der Waals surface area contributed by atoms with Gasteiger partial charge in [0, 0.05) is 27.1 Å². The van der Waals surface area contributed by atoms with Gasteiger partial charge in [-0.25, -0.2) is 0 Å². The molecule has 3 nitrogen and oxygen atoms in total. The smallest absolute Gasteiger partial charge is 0.159 e. The molecule has 2 heterocycles. The fourth-order valence-corrected chi connectivity index (χ4v) is 3.30. The quantitative estimate of drug-likeness (QED) is 0.374. The predicted molar refractivity (Wildman–Crippen MR) is 91.0 cm³/mol. The maximum atomic E-state index is 11.7. The van der Waals surface area contributed by atoms with Gasteiger partial charge in [-0.2, -0.15) is 0 Å². The summed E-state index contributed by atoms with van der Waals surface area (Å²) in [6.07, 6.45) is 0. The summed E-state index contributed by atoms with van der Waals surface area (Å²) in [5.41, 5.74) is 3.95. The zero-order chi connectivity index (χ0) is 15.6. The summed E-state index contributed by atoms with van der Waals surface area (Å²) in [5.74, 6) is 0.0467. The summed E-state index contributed by atoms with van der Waals surface area (Å²) in [6.45, 7) is 1.58. The van der Waals surface area contributed by atoms with Gasteiger partial charge in [-0.15, -0.1) is 0 Å². The van der Waals surface area contributed by atoms with Crippen LogP contribution in [0.15, 0.2) is 63.4 Å². The number of Topliss-reactive ketones (excluding diaryl/α,β-unsaturated/α-hetero) is 1. The number of furan rings is 2. The Morgan fingerprint density at radius 2 is 1.35 bits per heavy atom. The van der Waals surface area contributed by atoms with E-state index in [4.69, 9.17) is 8.83 Å². The molecule has 0 amide bonds. The Morgan fingerprint density at radius 3 is 2.09 bits per heavy atom. The van der Waals surface area contributed by atoms with Crippen LogP contribution in [-0.2, 0) is 0 Å². The first-order valence-corrected chi connectivity index (χ1v) is 7.50. The van der Waals surface area contributed by atoms with Gasteiger partial charge < -0.3 is 8.83 Å². The minimum absolute atomic E-state index is 0.0467. The third kappa shape index (κ3) is 1.62. The maximum Gasteiger partial charge on any atom is 0.159 e. The standard InChI is InChI=1S/C20H12O3/c1-11(21)12-6-7-16-14(10-12)20-18(23-16)9-8-17-19(20)13-4-2-3-5-15(13)22-17/h2-10H,1H3. The molecule has 2 aromatic heterocycles. The zero-order valence-corrected chi connectivity index (χ0v) is 12.4. The van der Waals surface area contributed by atoms with Crippen LogP contribution in [0.25, 0.3) is 43.9 Å². The lowest BCUT2D eigenvalue weighted by atomic mass is 10.0. The van der Waals surface area contributed by atoms with Gasteiger partial charge in [0.25, 0.3) is 0 Å². The Morgan fingerprint density at radius 1 is 0.739 bits per heavy atom. The Kier molecular flexibility index (Phi) is 2.29. The third-order valence-electron chi connectivity index (χ3n) is 4.38. The highest BCUT2D eigenvalue weighted by atomic mass is 16.3. The molecular formula is C20H12O3. The molecule has 0 radical (unpaired) electrons. The van der Waals surface area contributed by atoms with Crippen molar-refractivity contribution in [2.45, 2.75) is 6.92 Å². The van der Waals surface area contributed by atoms with Crippen molar-refractivity contribution in [2.75, 3.05) is 0 Å². The number of para-hydroxylation sites is 1. The highest BCUT2D eigenvalue weighted by molar-refractivity contribution is 6.26. The molecule has 0 aliphatic carbocycles. The van der Waals surface area contributed by atoms with Crippen LogP contribution in [0.5, 0.6) is 0 Å². The Labute approximate surface area is 131 Å². The van der Waals surface area contributed by atoms with Gasteiger partial charge >= 0.3 is 0 Å². The fourth-order valence-electron chi connectivity index (χ4n) is 3.30. The van der Waals surface area contributed by atoms with Crippen LogP contribution < -0.4 is 0 Å². The number of carbonyl (C=O) groups excluding carboxylic acids is 1. The van der Waals surface area contributed by atoms with Gasteiger partial charge in [0.2, 0.25) is 0 Å². The van der Waals surface area contributed by atoms with Crippen LogP contribution in [0.1, 0.15) is 17.3 Å². The molecule has 5 rings (SSSR count). The van der Waals surface area contributed by atoms with Crippen LogP contribution >= 0.6 is 0 Å². The van der Waals surface area contributed by atoms with E-state index < -0.39 is 0 Å². The fraction of sp³-hybridized carbons (Fsp3) is 0.0500. The molecule has 5 aromatic rings. The van der Waals surface area contributed by atoms with E-state index in [0.717, 1.165) is 43.9 Å². The summed E-state index contributed by atoms with van der Waals surface area (Å²) < 4.78 is 11.9. The molecule has 3 aromatic carbocycles. The minimum atomic E-state index is 0.0467. The molecule has 0 bridgehead atoms. The van der Waals surface area contributed by atoms with Crippen molar-refractivity contribution in [1.82, 2.24) is 0 Å². The molecular weight excluding hydrogens is 288 g/mol.